The van der Waals surface area contributed by atoms with Gasteiger partial charge in [0.05, 0.1) is 0 Å². The number of hydrogen-bond donors (Lipinski definition) is 1. The van der Waals surface area contributed by atoms with Crippen LogP contribution in [0.5, 0.6) is 0 Å². The van der Waals surface area contributed by atoms with Gasteiger partial charge < -0.3 is 5.32 Å². The lowest BCUT2D eigenvalue weighted by Crippen LogP contribution is -2.22. The summed E-state index contributed by atoms with van der Waals surface area (Å²) in [7, 11) is 0. The Morgan fingerprint density at radius 1 is 1.38 bits per heavy atom. The third-order valence-corrected chi connectivity index (χ3v) is 2.05. The van der Waals surface area contributed by atoms with Crippen molar-refractivity contribution in [3.05, 3.63) is 10.6 Å². The number of halogens is 1. The first-order chi connectivity index (χ1) is 3.93. The summed E-state index contributed by atoms with van der Waals surface area (Å²) in [5.41, 5.74) is 1.53. The quantitative estimate of drug-likeness (QED) is 0.591. The van der Waals surface area contributed by atoms with E-state index in [0.29, 0.717) is 0 Å². The van der Waals surface area contributed by atoms with Crippen molar-refractivity contribution < 1.29 is 0 Å². The molecule has 0 aromatic heterocycles. The molecule has 1 aliphatic rings. The van der Waals surface area contributed by atoms with Crippen LogP contribution in [0.15, 0.2) is 10.6 Å². The minimum atomic E-state index is 1.15. The van der Waals surface area contributed by atoms with E-state index in [2.05, 4.69) is 21.2 Å². The van der Waals surface area contributed by atoms with E-state index in [1.807, 2.05) is 4.99 Å². The Morgan fingerprint density at radius 3 is 2.38 bits per heavy atom. The highest BCUT2D eigenvalue weighted by atomic mass is 79.9. The maximum absolute atomic E-state index is 3.32. The first kappa shape index (κ1) is 6.30. The van der Waals surface area contributed by atoms with Crippen LogP contribution in [0.4, 0.5) is 0 Å². The zero-order valence-electron chi connectivity index (χ0n) is 4.78. The van der Waals surface area contributed by atoms with Gasteiger partial charge in [0.2, 0.25) is 0 Å². The minimum Gasteiger partial charge on any atom is -0.316 e. The normalized spacial score (nSPS) is 20.9. The molecular weight excluding hydrogens is 166 g/mol. The highest BCUT2D eigenvalue weighted by Gasteiger charge is 2.01. The van der Waals surface area contributed by atoms with E-state index in [-0.39, 0.29) is 0 Å². The molecule has 1 nitrogen and oxygen atoms in total. The fourth-order valence-corrected chi connectivity index (χ4v) is 1.31. The second-order valence-electron chi connectivity index (χ2n) is 2.02. The van der Waals surface area contributed by atoms with Gasteiger partial charge in [-0.05, 0) is 30.9 Å². The zero-order chi connectivity index (χ0) is 5.82. The molecule has 1 fully saturated rings. The Morgan fingerprint density at radius 2 is 2.00 bits per heavy atom. The van der Waals surface area contributed by atoms with Gasteiger partial charge in [0.15, 0.2) is 0 Å². The molecule has 46 valence electrons. The molecule has 1 heterocycles. The van der Waals surface area contributed by atoms with Gasteiger partial charge in [0.1, 0.15) is 0 Å². The maximum Gasteiger partial charge on any atom is -0.00112 e. The van der Waals surface area contributed by atoms with Crippen molar-refractivity contribution in [2.75, 3.05) is 13.1 Å². The topological polar surface area (TPSA) is 12.0 Å². The molecule has 1 saturated heterocycles. The van der Waals surface area contributed by atoms with E-state index in [9.17, 15) is 0 Å². The largest absolute Gasteiger partial charge is 0.316 e. The summed E-state index contributed by atoms with van der Waals surface area (Å²) in [6, 6.07) is 0. The van der Waals surface area contributed by atoms with Gasteiger partial charge in [0.25, 0.3) is 0 Å². The van der Waals surface area contributed by atoms with E-state index in [1.165, 1.54) is 18.4 Å². The zero-order valence-corrected chi connectivity index (χ0v) is 6.37. The SMILES string of the molecule is BrC=C1CCNCC1. The van der Waals surface area contributed by atoms with Crippen LogP contribution in [0.25, 0.3) is 0 Å². The molecule has 0 unspecified atom stereocenters. The Bertz CT molecular complexity index is 90.7. The van der Waals surface area contributed by atoms with Crippen LogP contribution < -0.4 is 5.32 Å². The number of rotatable bonds is 0. The Balaban J connectivity index is 2.33. The standard InChI is InChI=1S/C6H10BrN/c7-5-6-1-3-8-4-2-6/h5,8H,1-4H2. The highest BCUT2D eigenvalue weighted by Crippen LogP contribution is 2.10. The van der Waals surface area contributed by atoms with Crippen molar-refractivity contribution >= 4 is 15.9 Å². The van der Waals surface area contributed by atoms with Gasteiger partial charge in [0, 0.05) is 0 Å². The third-order valence-electron chi connectivity index (χ3n) is 1.40. The number of hydrogen-bond acceptors (Lipinski definition) is 1. The third kappa shape index (κ3) is 1.60. The fraction of sp³-hybridized carbons (Fsp3) is 0.667. The molecule has 1 aliphatic heterocycles. The van der Waals surface area contributed by atoms with Crippen LogP contribution in [0.2, 0.25) is 0 Å². The van der Waals surface area contributed by atoms with Crippen LogP contribution in [-0.4, -0.2) is 13.1 Å². The Hall–Kier alpha value is 0.180. The molecule has 0 aromatic carbocycles. The minimum absolute atomic E-state index is 1.15. The molecule has 0 spiro atoms. The number of nitrogens with one attached hydrogen (secondary N) is 1. The van der Waals surface area contributed by atoms with Crippen molar-refractivity contribution in [2.45, 2.75) is 12.8 Å². The molecule has 0 aromatic rings. The lowest BCUT2D eigenvalue weighted by molar-refractivity contribution is 0.611. The van der Waals surface area contributed by atoms with Gasteiger partial charge >= 0.3 is 0 Å². The van der Waals surface area contributed by atoms with E-state index in [0.717, 1.165) is 13.1 Å². The first-order valence-corrected chi connectivity index (χ1v) is 3.84. The van der Waals surface area contributed by atoms with E-state index in [4.69, 9.17) is 0 Å². The summed E-state index contributed by atoms with van der Waals surface area (Å²) in [5, 5.41) is 3.29. The highest BCUT2D eigenvalue weighted by molar-refractivity contribution is 9.11. The summed E-state index contributed by atoms with van der Waals surface area (Å²) < 4.78 is 0. The molecule has 0 atom stereocenters. The van der Waals surface area contributed by atoms with Gasteiger partial charge in [-0.1, -0.05) is 21.5 Å². The summed E-state index contributed by atoms with van der Waals surface area (Å²) in [4.78, 5) is 2.05. The Kier molecular flexibility index (Phi) is 2.56. The molecule has 0 aliphatic carbocycles. The van der Waals surface area contributed by atoms with Crippen molar-refractivity contribution in [1.29, 1.82) is 0 Å². The molecule has 0 saturated carbocycles. The van der Waals surface area contributed by atoms with Gasteiger partial charge in [-0.2, -0.15) is 0 Å². The summed E-state index contributed by atoms with van der Waals surface area (Å²) in [6.45, 7) is 2.30. The smallest absolute Gasteiger partial charge is 0.00112 e. The van der Waals surface area contributed by atoms with E-state index >= 15 is 0 Å². The molecule has 8 heavy (non-hydrogen) atoms. The van der Waals surface area contributed by atoms with Gasteiger partial charge in [-0.15, -0.1) is 0 Å². The van der Waals surface area contributed by atoms with E-state index in [1.54, 1.807) is 0 Å². The maximum atomic E-state index is 3.32. The molecular formula is C6H10BrN. The number of piperidine rings is 1. The van der Waals surface area contributed by atoms with Crippen LogP contribution in [0, 0.1) is 0 Å². The summed E-state index contributed by atoms with van der Waals surface area (Å²) in [6.07, 6.45) is 2.43. The van der Waals surface area contributed by atoms with Crippen LogP contribution >= 0.6 is 15.9 Å². The summed E-state index contributed by atoms with van der Waals surface area (Å²) >= 11 is 3.32. The van der Waals surface area contributed by atoms with Crippen LogP contribution in [0.1, 0.15) is 12.8 Å². The van der Waals surface area contributed by atoms with Crippen molar-refractivity contribution in [2.24, 2.45) is 0 Å². The van der Waals surface area contributed by atoms with Gasteiger partial charge in [-0.3, -0.25) is 0 Å². The van der Waals surface area contributed by atoms with Crippen molar-refractivity contribution in [3.8, 4) is 0 Å². The molecule has 0 amide bonds. The molecule has 0 bridgehead atoms. The van der Waals surface area contributed by atoms with Crippen LogP contribution in [-0.2, 0) is 0 Å². The fourth-order valence-electron chi connectivity index (χ4n) is 0.857. The lowest BCUT2D eigenvalue weighted by atomic mass is 10.1. The molecule has 1 N–H and O–H groups in total. The predicted octanol–water partition coefficient (Wildman–Crippen LogP) is 1.65. The van der Waals surface area contributed by atoms with Crippen LogP contribution in [0.3, 0.4) is 0 Å². The van der Waals surface area contributed by atoms with Gasteiger partial charge in [-0.25, -0.2) is 0 Å². The average molecular weight is 176 g/mol. The second kappa shape index (κ2) is 3.25. The van der Waals surface area contributed by atoms with Crippen molar-refractivity contribution in [1.82, 2.24) is 5.32 Å². The molecule has 2 heteroatoms. The molecule has 0 radical (unpaired) electrons. The van der Waals surface area contributed by atoms with Crippen molar-refractivity contribution in [3.63, 3.8) is 0 Å². The lowest BCUT2D eigenvalue weighted by Gasteiger charge is -2.13. The monoisotopic (exact) mass is 175 g/mol. The second-order valence-corrected chi connectivity index (χ2v) is 2.48. The first-order valence-electron chi connectivity index (χ1n) is 2.92. The Labute approximate surface area is 58.3 Å². The predicted molar refractivity (Wildman–Crippen MR) is 39.1 cm³/mol. The molecule has 1 rings (SSSR count). The van der Waals surface area contributed by atoms with E-state index < -0.39 is 0 Å². The summed E-state index contributed by atoms with van der Waals surface area (Å²) in [5.74, 6) is 0. The average Bonchev–Trinajstić information content (AvgIpc) is 1.90.